The van der Waals surface area contributed by atoms with E-state index in [4.69, 9.17) is 0 Å². The molecule has 2 aliphatic rings. The molecule has 0 saturated carbocycles. The van der Waals surface area contributed by atoms with Crippen LogP contribution in [-0.4, -0.2) is 28.5 Å². The second-order valence-corrected chi connectivity index (χ2v) is 9.63. The van der Waals surface area contributed by atoms with E-state index >= 15 is 0 Å². The first-order chi connectivity index (χ1) is 14.4. The molecule has 2 unspecified atom stereocenters. The summed E-state index contributed by atoms with van der Waals surface area (Å²) < 4.78 is 13.8. The van der Waals surface area contributed by atoms with Gasteiger partial charge in [0.15, 0.2) is 0 Å². The zero-order valence-corrected chi connectivity index (χ0v) is 18.2. The van der Waals surface area contributed by atoms with Gasteiger partial charge in [0, 0.05) is 30.0 Å². The summed E-state index contributed by atoms with van der Waals surface area (Å²) in [5, 5.41) is 3.13. The van der Waals surface area contributed by atoms with E-state index in [9.17, 15) is 14.0 Å². The minimum atomic E-state index is -0.544. The summed E-state index contributed by atoms with van der Waals surface area (Å²) in [6, 6.07) is 12.0. The lowest BCUT2D eigenvalue weighted by molar-refractivity contribution is -0.142. The standard InChI is InChI=1S/C24H27FN2O2S/c1-15(2)11-23(28)27-14-17-6-4-3-5-16(17)12-21(27)24(29)26-20-9-10-30-22-8-7-18(25)13-19(20)22/h3-8,13,15,20-21H,9-12,14H2,1-2H3,(H,26,29). The van der Waals surface area contributed by atoms with E-state index < -0.39 is 6.04 Å². The van der Waals surface area contributed by atoms with E-state index in [0.717, 1.165) is 33.8 Å². The van der Waals surface area contributed by atoms with Crippen molar-refractivity contribution in [1.82, 2.24) is 10.2 Å². The third-order valence-electron chi connectivity index (χ3n) is 5.78. The van der Waals surface area contributed by atoms with Gasteiger partial charge in [0.05, 0.1) is 6.04 Å². The third-order valence-corrected chi connectivity index (χ3v) is 6.90. The Balaban J connectivity index is 1.58. The van der Waals surface area contributed by atoms with Crippen molar-refractivity contribution in [3.63, 3.8) is 0 Å². The number of nitrogens with one attached hydrogen (secondary N) is 1. The average Bonchev–Trinajstić information content (AvgIpc) is 2.72. The molecule has 4 rings (SSSR count). The van der Waals surface area contributed by atoms with Gasteiger partial charge in [-0.15, -0.1) is 11.8 Å². The highest BCUT2D eigenvalue weighted by atomic mass is 32.2. The Morgan fingerprint density at radius 2 is 1.97 bits per heavy atom. The molecule has 2 amide bonds. The van der Waals surface area contributed by atoms with Crippen LogP contribution >= 0.6 is 11.8 Å². The maximum atomic E-state index is 13.8. The zero-order valence-electron chi connectivity index (χ0n) is 17.4. The highest BCUT2D eigenvalue weighted by Crippen LogP contribution is 2.37. The van der Waals surface area contributed by atoms with Crippen LogP contribution in [0.5, 0.6) is 0 Å². The van der Waals surface area contributed by atoms with Gasteiger partial charge < -0.3 is 10.2 Å². The van der Waals surface area contributed by atoms with Gasteiger partial charge in [0.2, 0.25) is 11.8 Å². The van der Waals surface area contributed by atoms with Gasteiger partial charge in [-0.1, -0.05) is 38.1 Å². The van der Waals surface area contributed by atoms with E-state index in [1.807, 2.05) is 38.1 Å². The summed E-state index contributed by atoms with van der Waals surface area (Å²) in [7, 11) is 0. The van der Waals surface area contributed by atoms with Crippen molar-refractivity contribution in [2.75, 3.05) is 5.75 Å². The number of carbonyl (C=O) groups excluding carboxylic acids is 2. The second kappa shape index (κ2) is 8.80. The summed E-state index contributed by atoms with van der Waals surface area (Å²) in [4.78, 5) is 29.1. The van der Waals surface area contributed by atoms with E-state index in [1.54, 1.807) is 22.7 Å². The molecule has 4 nitrogen and oxygen atoms in total. The number of benzene rings is 2. The molecule has 1 N–H and O–H groups in total. The zero-order chi connectivity index (χ0) is 21.3. The van der Waals surface area contributed by atoms with Crippen molar-refractivity contribution >= 4 is 23.6 Å². The predicted molar refractivity (Wildman–Crippen MR) is 117 cm³/mol. The minimum absolute atomic E-state index is 0.00490. The molecule has 2 heterocycles. The largest absolute Gasteiger partial charge is 0.347 e. The Morgan fingerprint density at radius 1 is 1.20 bits per heavy atom. The highest BCUT2D eigenvalue weighted by molar-refractivity contribution is 7.99. The van der Waals surface area contributed by atoms with Crippen LogP contribution in [0.3, 0.4) is 0 Å². The Morgan fingerprint density at radius 3 is 2.73 bits per heavy atom. The topological polar surface area (TPSA) is 49.4 Å². The van der Waals surface area contributed by atoms with E-state index in [0.29, 0.717) is 19.4 Å². The normalized spacial score (nSPS) is 20.5. The van der Waals surface area contributed by atoms with Crippen molar-refractivity contribution in [3.05, 3.63) is 65.0 Å². The van der Waals surface area contributed by atoms with Crippen LogP contribution in [0.4, 0.5) is 4.39 Å². The number of hydrogen-bond acceptors (Lipinski definition) is 3. The molecule has 2 aromatic rings. The number of rotatable bonds is 4. The van der Waals surface area contributed by atoms with Gasteiger partial charge in [-0.3, -0.25) is 9.59 Å². The number of hydrogen-bond donors (Lipinski definition) is 1. The maximum Gasteiger partial charge on any atom is 0.243 e. The van der Waals surface area contributed by atoms with Crippen molar-refractivity contribution in [2.24, 2.45) is 5.92 Å². The van der Waals surface area contributed by atoms with Crippen molar-refractivity contribution in [1.29, 1.82) is 0 Å². The molecule has 2 atom stereocenters. The molecule has 2 aromatic carbocycles. The van der Waals surface area contributed by atoms with Crippen molar-refractivity contribution in [3.8, 4) is 0 Å². The summed E-state index contributed by atoms with van der Waals surface area (Å²) in [6.45, 7) is 4.47. The van der Waals surface area contributed by atoms with Gasteiger partial charge >= 0.3 is 0 Å². The molecule has 158 valence electrons. The summed E-state index contributed by atoms with van der Waals surface area (Å²) >= 11 is 1.68. The van der Waals surface area contributed by atoms with Gasteiger partial charge in [0.25, 0.3) is 0 Å². The lowest BCUT2D eigenvalue weighted by Crippen LogP contribution is -2.53. The third kappa shape index (κ3) is 4.38. The van der Waals surface area contributed by atoms with Crippen LogP contribution in [0.2, 0.25) is 0 Å². The molecule has 0 bridgehead atoms. The first-order valence-electron chi connectivity index (χ1n) is 10.5. The number of carbonyl (C=O) groups is 2. The van der Waals surface area contributed by atoms with Crippen molar-refractivity contribution < 1.29 is 14.0 Å². The summed E-state index contributed by atoms with van der Waals surface area (Å²) in [5.41, 5.74) is 3.04. The summed E-state index contributed by atoms with van der Waals surface area (Å²) in [6.07, 6.45) is 1.67. The fraction of sp³-hybridized carbons (Fsp3) is 0.417. The maximum absolute atomic E-state index is 13.8. The Kier molecular flexibility index (Phi) is 6.14. The van der Waals surface area contributed by atoms with E-state index in [2.05, 4.69) is 5.32 Å². The lowest BCUT2D eigenvalue weighted by atomic mass is 9.92. The number of thioether (sulfide) groups is 1. The number of fused-ring (bicyclic) bond motifs is 2. The van der Waals surface area contributed by atoms with Gasteiger partial charge in [-0.25, -0.2) is 4.39 Å². The average molecular weight is 427 g/mol. The number of amides is 2. The Bertz CT molecular complexity index is 962. The second-order valence-electron chi connectivity index (χ2n) is 8.49. The Hall–Kier alpha value is -2.34. The molecule has 2 aliphatic heterocycles. The summed E-state index contributed by atoms with van der Waals surface area (Å²) in [5.74, 6) is 0.644. The molecule has 0 spiro atoms. The molecule has 6 heteroatoms. The van der Waals surface area contributed by atoms with Crippen LogP contribution in [0.15, 0.2) is 47.4 Å². The number of nitrogens with zero attached hydrogens (tertiary/aromatic N) is 1. The predicted octanol–water partition coefficient (Wildman–Crippen LogP) is 4.48. The first-order valence-corrected chi connectivity index (χ1v) is 11.5. The van der Waals surface area contributed by atoms with Crippen LogP contribution in [0, 0.1) is 11.7 Å². The molecule has 0 fully saturated rings. The quantitative estimate of drug-likeness (QED) is 0.784. The Labute approximate surface area is 181 Å². The van der Waals surface area contributed by atoms with Gasteiger partial charge in [0.1, 0.15) is 11.9 Å². The molecule has 0 aromatic heterocycles. The van der Waals surface area contributed by atoms with Crippen LogP contribution < -0.4 is 5.32 Å². The molecular weight excluding hydrogens is 399 g/mol. The van der Waals surface area contributed by atoms with Crippen LogP contribution in [-0.2, 0) is 22.6 Å². The molecule has 0 aliphatic carbocycles. The minimum Gasteiger partial charge on any atom is -0.347 e. The highest BCUT2D eigenvalue weighted by Gasteiger charge is 2.36. The van der Waals surface area contributed by atoms with Gasteiger partial charge in [-0.2, -0.15) is 0 Å². The van der Waals surface area contributed by atoms with Gasteiger partial charge in [-0.05, 0) is 47.2 Å². The SMILES string of the molecule is CC(C)CC(=O)N1Cc2ccccc2CC1C(=O)NC1CCSc2ccc(F)cc21. The smallest absolute Gasteiger partial charge is 0.243 e. The lowest BCUT2D eigenvalue weighted by Gasteiger charge is -2.37. The molecular formula is C24H27FN2O2S. The monoisotopic (exact) mass is 426 g/mol. The van der Waals surface area contributed by atoms with Crippen molar-refractivity contribution in [2.45, 2.75) is 56.6 Å². The number of halogens is 1. The van der Waals surface area contributed by atoms with E-state index in [1.165, 1.54) is 12.1 Å². The first kappa shape index (κ1) is 20.9. The van der Waals surface area contributed by atoms with Crippen LogP contribution in [0.25, 0.3) is 0 Å². The fourth-order valence-corrected chi connectivity index (χ4v) is 5.37. The molecule has 30 heavy (non-hydrogen) atoms. The molecule has 0 saturated heterocycles. The molecule has 0 radical (unpaired) electrons. The van der Waals surface area contributed by atoms with E-state index in [-0.39, 0.29) is 29.6 Å². The fourth-order valence-electron chi connectivity index (χ4n) is 4.27. The van der Waals surface area contributed by atoms with Crippen LogP contribution in [0.1, 0.15) is 49.4 Å².